The molecule has 186 valence electrons. The molecule has 0 saturated carbocycles. The molecule has 2 aliphatic rings. The van der Waals surface area contributed by atoms with Gasteiger partial charge in [-0.05, 0) is 22.0 Å². The van der Waals surface area contributed by atoms with Crippen LogP contribution in [0.25, 0.3) is 10.7 Å². The molecule has 5 heterocycles. The summed E-state index contributed by atoms with van der Waals surface area (Å²) in [5.74, 6) is 0. The Kier molecular flexibility index (Phi) is 7.15. The normalized spacial score (nSPS) is 28.1. The number of hydrogen-bond acceptors (Lipinski definition) is 10. The summed E-state index contributed by atoms with van der Waals surface area (Å²) in [6.07, 6.45) is 5.60. The largest absolute Gasteiger partial charge is 0.375 e. The van der Waals surface area contributed by atoms with Crippen LogP contribution in [0.1, 0.15) is 17.9 Å². The summed E-state index contributed by atoms with van der Waals surface area (Å²) in [6.45, 7) is 0.374. The number of methoxy groups -OCH3 is 1. The number of nitrogens with zero attached hydrogens (tertiary/aromatic N) is 5. The summed E-state index contributed by atoms with van der Waals surface area (Å²) in [6, 6.07) is 11.6. The molecule has 0 aliphatic carbocycles. The lowest BCUT2D eigenvalue weighted by Gasteiger charge is -2.48. The van der Waals surface area contributed by atoms with E-state index in [2.05, 4.69) is 36.2 Å². The lowest BCUT2D eigenvalue weighted by Crippen LogP contribution is -2.59. The van der Waals surface area contributed by atoms with E-state index >= 15 is 0 Å². The van der Waals surface area contributed by atoms with E-state index in [-0.39, 0.29) is 23.7 Å². The third-order valence-corrected chi connectivity index (χ3v) is 8.39. The highest BCUT2D eigenvalue weighted by molar-refractivity contribution is 9.10. The van der Waals surface area contributed by atoms with Crippen LogP contribution in [0.3, 0.4) is 0 Å². The zero-order valence-corrected chi connectivity index (χ0v) is 22.3. The van der Waals surface area contributed by atoms with Gasteiger partial charge < -0.3 is 18.9 Å². The second-order valence-corrected chi connectivity index (χ2v) is 11.3. The maximum atomic E-state index is 6.54. The first-order chi connectivity index (χ1) is 17.7. The Morgan fingerprint density at radius 2 is 2.08 bits per heavy atom. The van der Waals surface area contributed by atoms with Crippen molar-refractivity contribution >= 4 is 39.0 Å². The van der Waals surface area contributed by atoms with Gasteiger partial charge in [-0.15, -0.1) is 16.4 Å². The van der Waals surface area contributed by atoms with Crippen molar-refractivity contribution in [1.82, 2.24) is 25.0 Å². The van der Waals surface area contributed by atoms with Gasteiger partial charge in [0.1, 0.15) is 40.5 Å². The Morgan fingerprint density at radius 1 is 1.19 bits per heavy atom. The SMILES string of the molecule is COC1C(n2cc(-c3nccs3)nn2)[C@H]2OC(c3ccccc3)OCC2O[C@@H]1Sc1cncc(Br)c1. The molecule has 2 fully saturated rings. The predicted molar refractivity (Wildman–Crippen MR) is 137 cm³/mol. The summed E-state index contributed by atoms with van der Waals surface area (Å²) in [7, 11) is 1.68. The van der Waals surface area contributed by atoms with Crippen molar-refractivity contribution in [2.45, 2.75) is 41.0 Å². The van der Waals surface area contributed by atoms with E-state index in [9.17, 15) is 0 Å². The zero-order chi connectivity index (χ0) is 24.5. The van der Waals surface area contributed by atoms with Gasteiger partial charge in [-0.25, -0.2) is 9.67 Å². The van der Waals surface area contributed by atoms with E-state index in [0.29, 0.717) is 12.3 Å². The molecule has 3 aromatic heterocycles. The van der Waals surface area contributed by atoms with Crippen molar-refractivity contribution < 1.29 is 18.9 Å². The maximum Gasteiger partial charge on any atom is 0.184 e. The fourth-order valence-electron chi connectivity index (χ4n) is 4.45. The predicted octanol–water partition coefficient (Wildman–Crippen LogP) is 4.75. The monoisotopic (exact) mass is 587 g/mol. The second kappa shape index (κ2) is 10.7. The van der Waals surface area contributed by atoms with Gasteiger partial charge in [0.25, 0.3) is 0 Å². The highest BCUT2D eigenvalue weighted by Crippen LogP contribution is 2.44. The fraction of sp³-hybridized carbons (Fsp3) is 0.333. The number of ether oxygens (including phenoxy) is 4. The lowest BCUT2D eigenvalue weighted by molar-refractivity contribution is -0.308. The molecule has 2 aliphatic heterocycles. The van der Waals surface area contributed by atoms with Gasteiger partial charge in [-0.1, -0.05) is 47.3 Å². The topological polar surface area (TPSA) is 93.4 Å². The van der Waals surface area contributed by atoms with E-state index in [4.69, 9.17) is 18.9 Å². The molecule has 0 amide bonds. The molecule has 0 spiro atoms. The fourth-order valence-corrected chi connectivity index (χ4v) is 6.75. The number of hydrogen-bond donors (Lipinski definition) is 0. The molecule has 2 saturated heterocycles. The van der Waals surface area contributed by atoms with Gasteiger partial charge in [0.05, 0.1) is 12.8 Å². The summed E-state index contributed by atoms with van der Waals surface area (Å²) >= 11 is 6.56. The lowest BCUT2D eigenvalue weighted by atomic mass is 9.96. The minimum Gasteiger partial charge on any atom is -0.375 e. The van der Waals surface area contributed by atoms with Crippen molar-refractivity contribution in [3.8, 4) is 10.7 Å². The van der Waals surface area contributed by atoms with Crippen LogP contribution >= 0.6 is 39.0 Å². The quantitative estimate of drug-likeness (QED) is 0.317. The molecule has 4 aromatic rings. The number of halogens is 1. The van der Waals surface area contributed by atoms with E-state index < -0.39 is 12.4 Å². The van der Waals surface area contributed by atoms with Crippen molar-refractivity contribution in [3.05, 3.63) is 76.6 Å². The number of fused-ring (bicyclic) bond motifs is 1. The average molecular weight is 589 g/mol. The molecule has 1 aromatic carbocycles. The van der Waals surface area contributed by atoms with Gasteiger partial charge in [-0.2, -0.15) is 0 Å². The Morgan fingerprint density at radius 3 is 2.86 bits per heavy atom. The third kappa shape index (κ3) is 4.86. The molecule has 4 unspecified atom stereocenters. The van der Waals surface area contributed by atoms with Crippen molar-refractivity contribution in [2.75, 3.05) is 13.7 Å². The molecule has 0 N–H and O–H groups in total. The highest BCUT2D eigenvalue weighted by Gasteiger charge is 2.52. The van der Waals surface area contributed by atoms with E-state index in [0.717, 1.165) is 19.9 Å². The minimum atomic E-state index is -0.517. The first kappa shape index (κ1) is 24.2. The number of benzene rings is 1. The number of aromatic nitrogens is 5. The molecule has 36 heavy (non-hydrogen) atoms. The van der Waals surface area contributed by atoms with E-state index in [1.165, 1.54) is 11.3 Å². The molecule has 12 heteroatoms. The van der Waals surface area contributed by atoms with Gasteiger partial charge in [0.15, 0.2) is 6.29 Å². The molecule has 6 atom stereocenters. The first-order valence-electron chi connectivity index (χ1n) is 11.3. The van der Waals surface area contributed by atoms with Crippen molar-refractivity contribution in [1.29, 1.82) is 0 Å². The molecular formula is C24H22BrN5O4S2. The summed E-state index contributed by atoms with van der Waals surface area (Å²) in [4.78, 5) is 9.62. The number of thiazole rings is 1. The van der Waals surface area contributed by atoms with Crippen molar-refractivity contribution in [3.63, 3.8) is 0 Å². The molecule has 0 bridgehead atoms. The van der Waals surface area contributed by atoms with Crippen LogP contribution in [-0.2, 0) is 18.9 Å². The van der Waals surface area contributed by atoms with Crippen LogP contribution in [0.2, 0.25) is 0 Å². The van der Waals surface area contributed by atoms with Crippen LogP contribution in [0.15, 0.2) is 75.9 Å². The highest BCUT2D eigenvalue weighted by atomic mass is 79.9. The maximum absolute atomic E-state index is 6.54. The van der Waals surface area contributed by atoms with Crippen molar-refractivity contribution in [2.24, 2.45) is 0 Å². The van der Waals surface area contributed by atoms with Gasteiger partial charge in [0.2, 0.25) is 0 Å². The average Bonchev–Trinajstić information content (AvgIpc) is 3.61. The first-order valence-corrected chi connectivity index (χ1v) is 13.8. The Labute approximate surface area is 224 Å². The van der Waals surface area contributed by atoms with Crippen LogP contribution in [0.4, 0.5) is 0 Å². The van der Waals surface area contributed by atoms with E-state index in [1.54, 1.807) is 31.3 Å². The zero-order valence-electron chi connectivity index (χ0n) is 19.1. The third-order valence-electron chi connectivity index (χ3n) is 6.05. The molecule has 6 rings (SSSR count). The number of thioether (sulfide) groups is 1. The van der Waals surface area contributed by atoms with E-state index in [1.807, 2.05) is 58.9 Å². The van der Waals surface area contributed by atoms with Crippen LogP contribution < -0.4 is 0 Å². The van der Waals surface area contributed by atoms with Gasteiger partial charge in [0, 0.05) is 46.0 Å². The number of rotatable bonds is 6. The van der Waals surface area contributed by atoms with Gasteiger partial charge >= 0.3 is 0 Å². The standard InChI is InChI=1S/C24H22BrN5O4S2/c1-31-21-19(30-12-17(28-29-30)22-27-7-8-35-22)20-18(13-32-23(34-20)14-5-3-2-4-6-14)33-24(21)36-16-9-15(25)10-26-11-16/h2-12,18-21,23-24H,13H2,1H3/t18?,19?,20-,21?,23?,24+/m0/s1. The second-order valence-electron chi connectivity index (χ2n) is 8.29. The molecule has 0 radical (unpaired) electrons. The minimum absolute atomic E-state index is 0.317. The molecule has 9 nitrogen and oxygen atoms in total. The van der Waals surface area contributed by atoms with Crippen LogP contribution in [-0.4, -0.2) is 62.4 Å². The Bertz CT molecular complexity index is 1290. The van der Waals surface area contributed by atoms with Crippen LogP contribution in [0, 0.1) is 0 Å². The number of pyridine rings is 1. The summed E-state index contributed by atoms with van der Waals surface area (Å²) < 4.78 is 27.9. The smallest absolute Gasteiger partial charge is 0.184 e. The summed E-state index contributed by atoms with van der Waals surface area (Å²) in [5, 5.41) is 11.6. The Balaban J connectivity index is 1.35. The van der Waals surface area contributed by atoms with Gasteiger partial charge in [-0.3, -0.25) is 4.98 Å². The van der Waals surface area contributed by atoms with Crippen LogP contribution in [0.5, 0.6) is 0 Å². The molecular weight excluding hydrogens is 566 g/mol. The summed E-state index contributed by atoms with van der Waals surface area (Å²) in [5.41, 5.74) is 1.29. The Hall–Kier alpha value is -2.19.